The molecule has 1 heterocycles. The molecule has 0 N–H and O–H groups in total. The molecule has 2 aromatic rings. The van der Waals surface area contributed by atoms with Crippen molar-refractivity contribution in [3.8, 4) is 5.75 Å². The predicted molar refractivity (Wildman–Crippen MR) is 112 cm³/mol. The standard InChI is InChI=1S/C23H29BO4/c1-6-7-16-26-21-18(20(25)17-12-9-8-10-13-17)14-11-15-19(21)24-27-22(2,3)23(4,5)28-24/h8-15H,6-7,16H2,1-5H3. The lowest BCUT2D eigenvalue weighted by Gasteiger charge is -2.32. The van der Waals surface area contributed by atoms with Gasteiger partial charge in [-0.25, -0.2) is 0 Å². The lowest BCUT2D eigenvalue weighted by molar-refractivity contribution is 0.00578. The molecule has 0 unspecified atom stereocenters. The first-order chi connectivity index (χ1) is 13.3. The van der Waals surface area contributed by atoms with Crippen LogP contribution in [0.3, 0.4) is 0 Å². The molecule has 148 valence electrons. The number of rotatable bonds is 7. The molecule has 28 heavy (non-hydrogen) atoms. The van der Waals surface area contributed by atoms with E-state index in [2.05, 4.69) is 6.92 Å². The van der Waals surface area contributed by atoms with E-state index in [1.807, 2.05) is 76.2 Å². The number of ketones is 1. The van der Waals surface area contributed by atoms with E-state index in [9.17, 15) is 4.79 Å². The predicted octanol–water partition coefficient (Wildman–Crippen LogP) is 4.40. The van der Waals surface area contributed by atoms with Gasteiger partial charge in [-0.05, 0) is 40.2 Å². The Kier molecular flexibility index (Phi) is 5.97. The third kappa shape index (κ3) is 4.01. The van der Waals surface area contributed by atoms with Crippen molar-refractivity contribution >= 4 is 18.4 Å². The first kappa shape index (κ1) is 20.6. The van der Waals surface area contributed by atoms with E-state index in [0.29, 0.717) is 23.5 Å². The van der Waals surface area contributed by atoms with Crippen molar-refractivity contribution in [3.63, 3.8) is 0 Å². The summed E-state index contributed by atoms with van der Waals surface area (Å²) in [7, 11) is -0.579. The highest BCUT2D eigenvalue weighted by Gasteiger charge is 2.52. The van der Waals surface area contributed by atoms with Crippen LogP contribution in [0.4, 0.5) is 0 Å². The van der Waals surface area contributed by atoms with Crippen molar-refractivity contribution in [2.45, 2.75) is 58.7 Å². The van der Waals surface area contributed by atoms with Crippen LogP contribution in [0.25, 0.3) is 0 Å². The summed E-state index contributed by atoms with van der Waals surface area (Å²) in [5.41, 5.74) is 1.01. The molecule has 0 radical (unpaired) electrons. The van der Waals surface area contributed by atoms with Crippen LogP contribution in [0.5, 0.6) is 5.75 Å². The smallest absolute Gasteiger partial charge is 0.493 e. The summed E-state index contributed by atoms with van der Waals surface area (Å²) in [6.45, 7) is 10.7. The summed E-state index contributed by atoms with van der Waals surface area (Å²) >= 11 is 0. The average molecular weight is 380 g/mol. The lowest BCUT2D eigenvalue weighted by Crippen LogP contribution is -2.41. The Balaban J connectivity index is 2.02. The second-order valence-corrected chi connectivity index (χ2v) is 8.21. The number of carbonyl (C=O) groups is 1. The topological polar surface area (TPSA) is 44.8 Å². The third-order valence-electron chi connectivity index (χ3n) is 5.58. The van der Waals surface area contributed by atoms with Gasteiger partial charge in [0, 0.05) is 11.0 Å². The molecular formula is C23H29BO4. The molecular weight excluding hydrogens is 351 g/mol. The molecule has 0 aromatic heterocycles. The van der Waals surface area contributed by atoms with E-state index in [4.69, 9.17) is 14.0 Å². The van der Waals surface area contributed by atoms with E-state index in [1.165, 1.54) is 0 Å². The first-order valence-corrected chi connectivity index (χ1v) is 9.98. The highest BCUT2D eigenvalue weighted by atomic mass is 16.7. The fourth-order valence-electron chi connectivity index (χ4n) is 3.11. The quantitative estimate of drug-likeness (QED) is 0.406. The SMILES string of the molecule is CCCCOc1c(B2OC(C)(C)C(C)(C)O2)cccc1C(=O)c1ccccc1. The van der Waals surface area contributed by atoms with Crippen molar-refractivity contribution in [1.82, 2.24) is 0 Å². The highest BCUT2D eigenvalue weighted by molar-refractivity contribution is 6.63. The Morgan fingerprint density at radius 3 is 2.21 bits per heavy atom. The van der Waals surface area contributed by atoms with Gasteiger partial charge in [0.2, 0.25) is 0 Å². The third-order valence-corrected chi connectivity index (χ3v) is 5.58. The van der Waals surface area contributed by atoms with E-state index in [-0.39, 0.29) is 5.78 Å². The molecule has 3 rings (SSSR count). The Labute approximate surface area is 168 Å². The molecule has 0 bridgehead atoms. The minimum atomic E-state index is -0.579. The van der Waals surface area contributed by atoms with Crippen LogP contribution in [0.15, 0.2) is 48.5 Å². The summed E-state index contributed by atoms with van der Waals surface area (Å²) in [5.74, 6) is 0.494. The number of carbonyl (C=O) groups excluding carboxylic acids is 1. The van der Waals surface area contributed by atoms with Gasteiger partial charge in [0.05, 0.1) is 23.4 Å². The maximum atomic E-state index is 13.2. The molecule has 0 aliphatic carbocycles. The number of unbranched alkanes of at least 4 members (excludes halogenated alkanes) is 1. The number of hydrogen-bond acceptors (Lipinski definition) is 4. The maximum Gasteiger partial charge on any atom is 0.498 e. The summed E-state index contributed by atoms with van der Waals surface area (Å²) in [6, 6.07) is 14.9. The van der Waals surface area contributed by atoms with Crippen LogP contribution in [0, 0.1) is 0 Å². The summed E-state index contributed by atoms with van der Waals surface area (Å²) in [4.78, 5) is 13.2. The molecule has 1 aliphatic rings. The molecule has 1 fully saturated rings. The zero-order valence-corrected chi connectivity index (χ0v) is 17.5. The number of para-hydroxylation sites is 1. The Morgan fingerprint density at radius 2 is 1.61 bits per heavy atom. The molecule has 0 atom stereocenters. The normalized spacial score (nSPS) is 17.5. The molecule has 2 aromatic carbocycles. The minimum Gasteiger partial charge on any atom is -0.493 e. The fourth-order valence-corrected chi connectivity index (χ4v) is 3.11. The number of ether oxygens (including phenoxy) is 1. The van der Waals surface area contributed by atoms with Gasteiger partial charge in [-0.3, -0.25) is 4.79 Å². The van der Waals surface area contributed by atoms with Gasteiger partial charge in [-0.1, -0.05) is 55.8 Å². The lowest BCUT2D eigenvalue weighted by atomic mass is 9.76. The molecule has 5 heteroatoms. The molecule has 4 nitrogen and oxygen atoms in total. The van der Waals surface area contributed by atoms with E-state index in [0.717, 1.165) is 18.3 Å². The molecule has 0 saturated carbocycles. The molecule has 0 amide bonds. The van der Waals surface area contributed by atoms with Gasteiger partial charge in [0.15, 0.2) is 5.78 Å². The minimum absolute atomic E-state index is 0.0644. The van der Waals surface area contributed by atoms with Crippen LogP contribution in [-0.2, 0) is 9.31 Å². The van der Waals surface area contributed by atoms with Gasteiger partial charge in [-0.2, -0.15) is 0 Å². The van der Waals surface area contributed by atoms with Crippen LogP contribution < -0.4 is 10.2 Å². The number of hydrogen-bond donors (Lipinski definition) is 0. The van der Waals surface area contributed by atoms with E-state index < -0.39 is 18.3 Å². The Bertz CT molecular complexity index is 814. The largest absolute Gasteiger partial charge is 0.498 e. The molecule has 1 aliphatic heterocycles. The maximum absolute atomic E-state index is 13.2. The molecule has 1 saturated heterocycles. The second-order valence-electron chi connectivity index (χ2n) is 8.21. The summed E-state index contributed by atoms with van der Waals surface area (Å²) in [5, 5.41) is 0. The van der Waals surface area contributed by atoms with Crippen LogP contribution in [0.1, 0.15) is 63.4 Å². The van der Waals surface area contributed by atoms with Crippen LogP contribution in [0.2, 0.25) is 0 Å². The summed E-state index contributed by atoms with van der Waals surface area (Å²) in [6.07, 6.45) is 1.93. The van der Waals surface area contributed by atoms with Gasteiger partial charge in [0.1, 0.15) is 5.75 Å². The van der Waals surface area contributed by atoms with Gasteiger partial charge in [0.25, 0.3) is 0 Å². The molecule has 0 spiro atoms. The zero-order valence-electron chi connectivity index (χ0n) is 17.5. The fraction of sp³-hybridized carbons (Fsp3) is 0.435. The van der Waals surface area contributed by atoms with Gasteiger partial charge >= 0.3 is 7.12 Å². The van der Waals surface area contributed by atoms with Crippen molar-refractivity contribution < 1.29 is 18.8 Å². The van der Waals surface area contributed by atoms with Crippen molar-refractivity contribution in [2.75, 3.05) is 6.61 Å². The van der Waals surface area contributed by atoms with Crippen molar-refractivity contribution in [1.29, 1.82) is 0 Å². The van der Waals surface area contributed by atoms with E-state index in [1.54, 1.807) is 0 Å². The number of benzene rings is 2. The van der Waals surface area contributed by atoms with Crippen LogP contribution >= 0.6 is 0 Å². The second kappa shape index (κ2) is 8.10. The van der Waals surface area contributed by atoms with E-state index >= 15 is 0 Å². The highest BCUT2D eigenvalue weighted by Crippen LogP contribution is 2.37. The zero-order chi connectivity index (χ0) is 20.4. The van der Waals surface area contributed by atoms with Crippen molar-refractivity contribution in [3.05, 3.63) is 59.7 Å². The first-order valence-electron chi connectivity index (χ1n) is 9.98. The van der Waals surface area contributed by atoms with Gasteiger partial charge in [-0.15, -0.1) is 0 Å². The van der Waals surface area contributed by atoms with Gasteiger partial charge < -0.3 is 14.0 Å². The Morgan fingerprint density at radius 1 is 0.964 bits per heavy atom. The monoisotopic (exact) mass is 380 g/mol. The summed E-state index contributed by atoms with van der Waals surface area (Å²) < 4.78 is 18.6. The Hall–Kier alpha value is -2.11. The van der Waals surface area contributed by atoms with Crippen molar-refractivity contribution in [2.24, 2.45) is 0 Å². The average Bonchev–Trinajstić information content (AvgIpc) is 2.89. The van der Waals surface area contributed by atoms with Crippen LogP contribution in [-0.4, -0.2) is 30.7 Å².